The molecule has 0 bridgehead atoms. The van der Waals surface area contributed by atoms with E-state index in [0.717, 1.165) is 6.07 Å². The van der Waals surface area contributed by atoms with E-state index in [2.05, 4.69) is 0 Å². The van der Waals surface area contributed by atoms with Crippen LogP contribution in [0.3, 0.4) is 0 Å². The second-order valence-corrected chi connectivity index (χ2v) is 3.54. The number of benzene rings is 1. The summed E-state index contributed by atoms with van der Waals surface area (Å²) in [6.07, 6.45) is -2.53. The van der Waals surface area contributed by atoms with E-state index in [1.54, 1.807) is 19.9 Å². The monoisotopic (exact) mass is 242 g/mol. The van der Waals surface area contributed by atoms with Crippen molar-refractivity contribution in [1.82, 2.24) is 0 Å². The molecule has 0 aliphatic rings. The van der Waals surface area contributed by atoms with Gasteiger partial charge in [-0.2, -0.15) is 13.2 Å². The smallest absolute Gasteiger partial charge is 0.289 e. The molecule has 0 atom stereocenters. The summed E-state index contributed by atoms with van der Waals surface area (Å²) in [6.45, 7) is 3.39. The van der Waals surface area contributed by atoms with Gasteiger partial charge in [0, 0.05) is 5.56 Å². The van der Waals surface area contributed by atoms with E-state index >= 15 is 0 Å². The standard InChI is InChI=1S/C13H13F3O/c1-3-9(4-2)12(17)10-7-5-6-8-11(10)13(14,15)16/h3,5-8H,4H2,1-2H3/b9-3-. The maximum absolute atomic E-state index is 12.7. The predicted octanol–water partition coefficient (Wildman–Crippen LogP) is 4.24. The lowest BCUT2D eigenvalue weighted by Crippen LogP contribution is -2.14. The van der Waals surface area contributed by atoms with Gasteiger partial charge in [-0.1, -0.05) is 31.2 Å². The van der Waals surface area contributed by atoms with E-state index < -0.39 is 17.5 Å². The second-order valence-electron chi connectivity index (χ2n) is 3.54. The Labute approximate surface area is 98.0 Å². The maximum Gasteiger partial charge on any atom is 0.417 e. The van der Waals surface area contributed by atoms with E-state index in [4.69, 9.17) is 0 Å². The van der Waals surface area contributed by atoms with Crippen molar-refractivity contribution < 1.29 is 18.0 Å². The summed E-state index contributed by atoms with van der Waals surface area (Å²) < 4.78 is 38.1. The Kier molecular flexibility index (Phi) is 4.10. The molecule has 0 radical (unpaired) electrons. The van der Waals surface area contributed by atoms with E-state index in [1.165, 1.54) is 18.2 Å². The highest BCUT2D eigenvalue weighted by Crippen LogP contribution is 2.33. The Morgan fingerprint density at radius 2 is 1.88 bits per heavy atom. The van der Waals surface area contributed by atoms with Crippen molar-refractivity contribution in [3.8, 4) is 0 Å². The molecule has 0 N–H and O–H groups in total. The fraction of sp³-hybridized carbons (Fsp3) is 0.308. The third-order valence-corrected chi connectivity index (χ3v) is 2.50. The zero-order chi connectivity index (χ0) is 13.1. The first-order chi connectivity index (χ1) is 7.91. The number of ketones is 1. The molecule has 1 nitrogen and oxygen atoms in total. The third kappa shape index (κ3) is 2.96. The first-order valence-corrected chi connectivity index (χ1v) is 5.28. The largest absolute Gasteiger partial charge is 0.417 e. The molecule has 0 unspecified atom stereocenters. The summed E-state index contributed by atoms with van der Waals surface area (Å²) in [5.41, 5.74) is -0.769. The van der Waals surface area contributed by atoms with Crippen molar-refractivity contribution in [3.63, 3.8) is 0 Å². The van der Waals surface area contributed by atoms with Crippen LogP contribution in [0.15, 0.2) is 35.9 Å². The molecule has 0 saturated heterocycles. The number of hydrogen-bond donors (Lipinski definition) is 0. The minimum atomic E-state index is -4.50. The van der Waals surface area contributed by atoms with Crippen LogP contribution in [0.1, 0.15) is 36.2 Å². The van der Waals surface area contributed by atoms with Crippen LogP contribution in [0.2, 0.25) is 0 Å². The average Bonchev–Trinajstić information content (AvgIpc) is 2.29. The van der Waals surface area contributed by atoms with E-state index in [1.807, 2.05) is 0 Å². The zero-order valence-electron chi connectivity index (χ0n) is 9.64. The highest BCUT2D eigenvalue weighted by molar-refractivity contribution is 6.09. The van der Waals surface area contributed by atoms with Gasteiger partial charge in [0.25, 0.3) is 0 Å². The average molecular weight is 242 g/mol. The topological polar surface area (TPSA) is 17.1 Å². The number of carbonyl (C=O) groups is 1. The number of hydrogen-bond acceptors (Lipinski definition) is 1. The summed E-state index contributed by atoms with van der Waals surface area (Å²) in [6, 6.07) is 4.85. The molecule has 1 aromatic carbocycles. The molecular formula is C13H13F3O. The minimum absolute atomic E-state index is 0.282. The molecule has 1 rings (SSSR count). The van der Waals surface area contributed by atoms with Crippen molar-refractivity contribution in [2.75, 3.05) is 0 Å². The number of Topliss-reactive ketones (excluding diaryl/α,β-unsaturated/α-hetero) is 1. The molecule has 0 heterocycles. The van der Waals surface area contributed by atoms with Crippen LogP contribution < -0.4 is 0 Å². The van der Waals surface area contributed by atoms with Crippen LogP contribution in [-0.4, -0.2) is 5.78 Å². The van der Waals surface area contributed by atoms with Crippen LogP contribution >= 0.6 is 0 Å². The Morgan fingerprint density at radius 1 is 1.29 bits per heavy atom. The van der Waals surface area contributed by atoms with Crippen molar-refractivity contribution in [1.29, 1.82) is 0 Å². The Hall–Kier alpha value is -1.58. The van der Waals surface area contributed by atoms with Gasteiger partial charge in [0.2, 0.25) is 0 Å². The number of carbonyl (C=O) groups excluding carboxylic acids is 1. The minimum Gasteiger partial charge on any atom is -0.289 e. The van der Waals surface area contributed by atoms with Crippen LogP contribution in [0.25, 0.3) is 0 Å². The molecule has 0 aromatic heterocycles. The van der Waals surface area contributed by atoms with E-state index in [9.17, 15) is 18.0 Å². The fourth-order valence-corrected chi connectivity index (χ4v) is 1.60. The van der Waals surface area contributed by atoms with Crippen molar-refractivity contribution in [3.05, 3.63) is 47.0 Å². The summed E-state index contributed by atoms with van der Waals surface area (Å²) in [5.74, 6) is -0.553. The molecular weight excluding hydrogens is 229 g/mol. The summed E-state index contributed by atoms with van der Waals surface area (Å²) >= 11 is 0. The van der Waals surface area contributed by atoms with Gasteiger partial charge in [0.05, 0.1) is 5.56 Å². The van der Waals surface area contributed by atoms with Crippen molar-refractivity contribution in [2.45, 2.75) is 26.4 Å². The quantitative estimate of drug-likeness (QED) is 0.572. The van der Waals surface area contributed by atoms with Gasteiger partial charge in [-0.25, -0.2) is 0 Å². The molecule has 92 valence electrons. The molecule has 1 aromatic rings. The number of rotatable bonds is 3. The predicted molar refractivity (Wildman–Crippen MR) is 59.8 cm³/mol. The summed E-state index contributed by atoms with van der Waals surface area (Å²) in [5, 5.41) is 0. The lowest BCUT2D eigenvalue weighted by Gasteiger charge is -2.12. The number of alkyl halides is 3. The van der Waals surface area contributed by atoms with E-state index in [-0.39, 0.29) is 5.56 Å². The normalized spacial score (nSPS) is 12.6. The number of allylic oxidation sites excluding steroid dienone is 2. The van der Waals surface area contributed by atoms with Gasteiger partial charge >= 0.3 is 6.18 Å². The molecule has 0 saturated carbocycles. The van der Waals surface area contributed by atoms with Crippen molar-refractivity contribution >= 4 is 5.78 Å². The van der Waals surface area contributed by atoms with Gasteiger partial charge in [0.1, 0.15) is 0 Å². The summed E-state index contributed by atoms with van der Waals surface area (Å²) in [7, 11) is 0. The van der Waals surface area contributed by atoms with Gasteiger partial charge < -0.3 is 0 Å². The first kappa shape index (κ1) is 13.5. The van der Waals surface area contributed by atoms with Gasteiger partial charge in [0.15, 0.2) is 5.78 Å². The molecule has 0 spiro atoms. The molecule has 0 aliphatic carbocycles. The lowest BCUT2D eigenvalue weighted by atomic mass is 9.96. The SMILES string of the molecule is C/C=C(/CC)C(=O)c1ccccc1C(F)(F)F. The second kappa shape index (κ2) is 5.17. The van der Waals surface area contributed by atoms with Crippen LogP contribution in [-0.2, 0) is 6.18 Å². The fourth-order valence-electron chi connectivity index (χ4n) is 1.60. The van der Waals surface area contributed by atoms with Crippen LogP contribution in [0.5, 0.6) is 0 Å². The molecule has 0 fully saturated rings. The van der Waals surface area contributed by atoms with Gasteiger partial charge in [-0.15, -0.1) is 0 Å². The van der Waals surface area contributed by atoms with Crippen LogP contribution in [0.4, 0.5) is 13.2 Å². The highest BCUT2D eigenvalue weighted by Gasteiger charge is 2.34. The van der Waals surface area contributed by atoms with Crippen molar-refractivity contribution in [2.24, 2.45) is 0 Å². The lowest BCUT2D eigenvalue weighted by molar-refractivity contribution is -0.137. The molecule has 4 heteroatoms. The van der Waals surface area contributed by atoms with Gasteiger partial charge in [-0.05, 0) is 25.0 Å². The maximum atomic E-state index is 12.7. The third-order valence-electron chi connectivity index (χ3n) is 2.50. The molecule has 17 heavy (non-hydrogen) atoms. The molecule has 0 amide bonds. The first-order valence-electron chi connectivity index (χ1n) is 5.28. The van der Waals surface area contributed by atoms with E-state index in [0.29, 0.717) is 12.0 Å². The van der Waals surface area contributed by atoms with Gasteiger partial charge in [-0.3, -0.25) is 4.79 Å². The Morgan fingerprint density at radius 3 is 2.35 bits per heavy atom. The Bertz CT molecular complexity index is 444. The molecule has 0 aliphatic heterocycles. The number of halogens is 3. The summed E-state index contributed by atoms with van der Waals surface area (Å²) in [4.78, 5) is 11.9. The Balaban J connectivity index is 3.28. The zero-order valence-corrected chi connectivity index (χ0v) is 9.64. The van der Waals surface area contributed by atoms with Crippen LogP contribution in [0, 0.1) is 0 Å². The highest BCUT2D eigenvalue weighted by atomic mass is 19.4.